The van der Waals surface area contributed by atoms with E-state index in [1.807, 2.05) is 17.9 Å². The summed E-state index contributed by atoms with van der Waals surface area (Å²) in [5.74, 6) is 1.19. The molecule has 0 unspecified atom stereocenters. The number of thioether (sulfide) groups is 1. The fraction of sp³-hybridized carbons (Fsp3) is 0.588. The van der Waals surface area contributed by atoms with E-state index in [1.165, 1.54) is 19.3 Å². The molecule has 1 saturated heterocycles. The van der Waals surface area contributed by atoms with Crippen molar-refractivity contribution >= 4 is 29.0 Å². The molecule has 0 bridgehead atoms. The van der Waals surface area contributed by atoms with Crippen LogP contribution in [-0.4, -0.2) is 43.9 Å². The average molecular weight is 363 g/mol. The Labute approximate surface area is 150 Å². The van der Waals surface area contributed by atoms with Gasteiger partial charge in [-0.3, -0.25) is 9.36 Å². The molecular weight excluding hydrogens is 340 g/mol. The Bertz CT molecular complexity index is 702. The SMILES string of the molecule is C[C@@H](Sc1nnc(-c2cccs2)n1C1CC1)C(=O)N1CCCCC1. The fourth-order valence-electron chi connectivity index (χ4n) is 3.17. The van der Waals surface area contributed by atoms with Gasteiger partial charge in [-0.1, -0.05) is 17.8 Å². The van der Waals surface area contributed by atoms with Crippen molar-refractivity contribution in [1.29, 1.82) is 0 Å². The third-order valence-electron chi connectivity index (χ3n) is 4.62. The smallest absolute Gasteiger partial charge is 0.235 e. The van der Waals surface area contributed by atoms with Crippen LogP contribution in [0.2, 0.25) is 0 Å². The van der Waals surface area contributed by atoms with E-state index in [4.69, 9.17) is 0 Å². The first-order chi connectivity index (χ1) is 11.7. The number of rotatable bonds is 5. The Morgan fingerprint density at radius 2 is 2.08 bits per heavy atom. The van der Waals surface area contributed by atoms with Crippen LogP contribution in [0.3, 0.4) is 0 Å². The van der Waals surface area contributed by atoms with Crippen molar-refractivity contribution in [2.75, 3.05) is 13.1 Å². The van der Waals surface area contributed by atoms with E-state index < -0.39 is 0 Å². The highest BCUT2D eigenvalue weighted by Gasteiger charge is 2.32. The van der Waals surface area contributed by atoms with Gasteiger partial charge < -0.3 is 4.90 Å². The molecule has 2 aliphatic rings. The van der Waals surface area contributed by atoms with Crippen LogP contribution in [0, 0.1) is 0 Å². The summed E-state index contributed by atoms with van der Waals surface area (Å²) >= 11 is 3.25. The van der Waals surface area contributed by atoms with Crippen LogP contribution >= 0.6 is 23.1 Å². The van der Waals surface area contributed by atoms with E-state index in [0.29, 0.717) is 6.04 Å². The minimum atomic E-state index is -0.110. The minimum Gasteiger partial charge on any atom is -0.342 e. The maximum atomic E-state index is 12.7. The zero-order valence-electron chi connectivity index (χ0n) is 13.9. The van der Waals surface area contributed by atoms with Gasteiger partial charge in [0, 0.05) is 19.1 Å². The van der Waals surface area contributed by atoms with Gasteiger partial charge in [0.05, 0.1) is 10.1 Å². The first-order valence-electron chi connectivity index (χ1n) is 8.68. The van der Waals surface area contributed by atoms with Crippen LogP contribution in [0.15, 0.2) is 22.7 Å². The second-order valence-corrected chi connectivity index (χ2v) is 8.79. The van der Waals surface area contributed by atoms with Crippen molar-refractivity contribution in [2.24, 2.45) is 0 Å². The summed E-state index contributed by atoms with van der Waals surface area (Å²) in [4.78, 5) is 15.8. The Kier molecular flexibility index (Phi) is 4.63. The molecule has 2 aromatic heterocycles. The van der Waals surface area contributed by atoms with Crippen LogP contribution in [0.4, 0.5) is 0 Å². The zero-order valence-corrected chi connectivity index (χ0v) is 15.5. The van der Waals surface area contributed by atoms with Gasteiger partial charge in [0.1, 0.15) is 0 Å². The molecule has 128 valence electrons. The number of nitrogens with zero attached hydrogens (tertiary/aromatic N) is 4. The van der Waals surface area contributed by atoms with Crippen LogP contribution in [0.25, 0.3) is 10.7 Å². The normalized spacial score (nSPS) is 19.5. The molecule has 24 heavy (non-hydrogen) atoms. The molecular formula is C17H22N4OS2. The summed E-state index contributed by atoms with van der Waals surface area (Å²) in [6.07, 6.45) is 5.86. The Morgan fingerprint density at radius 3 is 2.75 bits per heavy atom. The molecule has 1 aliphatic heterocycles. The van der Waals surface area contributed by atoms with Gasteiger partial charge in [0.25, 0.3) is 0 Å². The third-order valence-corrected chi connectivity index (χ3v) is 6.53. The zero-order chi connectivity index (χ0) is 16.5. The third kappa shape index (κ3) is 3.24. The van der Waals surface area contributed by atoms with Gasteiger partial charge in [-0.2, -0.15) is 0 Å². The highest BCUT2D eigenvalue weighted by molar-refractivity contribution is 8.00. The number of likely N-dealkylation sites (tertiary alicyclic amines) is 1. The fourth-order valence-corrected chi connectivity index (χ4v) is 4.88. The largest absolute Gasteiger partial charge is 0.342 e. The maximum absolute atomic E-state index is 12.7. The predicted molar refractivity (Wildman–Crippen MR) is 97.4 cm³/mol. The Hall–Kier alpha value is -1.34. The number of aromatic nitrogens is 3. The number of thiophene rings is 1. The number of hydrogen-bond donors (Lipinski definition) is 0. The lowest BCUT2D eigenvalue weighted by molar-refractivity contribution is -0.131. The lowest BCUT2D eigenvalue weighted by atomic mass is 10.1. The second-order valence-electron chi connectivity index (χ2n) is 6.53. The maximum Gasteiger partial charge on any atom is 0.235 e. The first kappa shape index (κ1) is 16.1. The van der Waals surface area contributed by atoms with Gasteiger partial charge in [-0.25, -0.2) is 0 Å². The van der Waals surface area contributed by atoms with E-state index in [1.54, 1.807) is 23.1 Å². The van der Waals surface area contributed by atoms with E-state index >= 15 is 0 Å². The quantitative estimate of drug-likeness (QED) is 0.759. The molecule has 1 saturated carbocycles. The summed E-state index contributed by atoms with van der Waals surface area (Å²) < 4.78 is 2.25. The number of carbonyl (C=O) groups excluding carboxylic acids is 1. The minimum absolute atomic E-state index is 0.110. The highest BCUT2D eigenvalue weighted by Crippen LogP contribution is 2.42. The van der Waals surface area contributed by atoms with Crippen molar-refractivity contribution in [3.63, 3.8) is 0 Å². The van der Waals surface area contributed by atoms with Gasteiger partial charge in [0.2, 0.25) is 5.91 Å². The molecule has 0 N–H and O–H groups in total. The number of carbonyl (C=O) groups is 1. The van der Waals surface area contributed by atoms with Crippen molar-refractivity contribution in [3.8, 4) is 10.7 Å². The van der Waals surface area contributed by atoms with Gasteiger partial charge >= 0.3 is 0 Å². The van der Waals surface area contributed by atoms with E-state index in [-0.39, 0.29) is 11.2 Å². The average Bonchev–Trinajstić information content (AvgIpc) is 3.14. The predicted octanol–water partition coefficient (Wildman–Crippen LogP) is 3.83. The molecule has 1 amide bonds. The van der Waals surface area contributed by atoms with Crippen LogP contribution in [0.1, 0.15) is 45.1 Å². The summed E-state index contributed by atoms with van der Waals surface area (Å²) in [5, 5.41) is 11.7. The summed E-state index contributed by atoms with van der Waals surface area (Å²) in [7, 11) is 0. The second kappa shape index (κ2) is 6.88. The molecule has 1 aliphatic carbocycles. The molecule has 0 radical (unpaired) electrons. The molecule has 4 rings (SSSR count). The molecule has 5 nitrogen and oxygen atoms in total. The lowest BCUT2D eigenvalue weighted by Gasteiger charge is -2.28. The van der Waals surface area contributed by atoms with Gasteiger partial charge in [0.15, 0.2) is 11.0 Å². The number of hydrogen-bond acceptors (Lipinski definition) is 5. The van der Waals surface area contributed by atoms with Crippen LogP contribution in [-0.2, 0) is 4.79 Å². The lowest BCUT2D eigenvalue weighted by Crippen LogP contribution is -2.40. The van der Waals surface area contributed by atoms with Crippen molar-refractivity contribution in [2.45, 2.75) is 55.5 Å². The molecule has 0 spiro atoms. The molecule has 0 aromatic carbocycles. The molecule has 7 heteroatoms. The van der Waals surface area contributed by atoms with Crippen LogP contribution in [0.5, 0.6) is 0 Å². The molecule has 1 atom stereocenters. The van der Waals surface area contributed by atoms with E-state index in [9.17, 15) is 4.79 Å². The van der Waals surface area contributed by atoms with Crippen molar-refractivity contribution < 1.29 is 4.79 Å². The summed E-state index contributed by atoms with van der Waals surface area (Å²) in [6.45, 7) is 3.80. The van der Waals surface area contributed by atoms with E-state index in [0.717, 1.165) is 41.8 Å². The molecule has 2 fully saturated rings. The summed E-state index contributed by atoms with van der Waals surface area (Å²) in [6, 6.07) is 4.63. The van der Waals surface area contributed by atoms with Gasteiger partial charge in [-0.05, 0) is 50.5 Å². The molecule has 3 heterocycles. The topological polar surface area (TPSA) is 51.0 Å². The Morgan fingerprint density at radius 1 is 1.29 bits per heavy atom. The summed E-state index contributed by atoms with van der Waals surface area (Å²) in [5.41, 5.74) is 0. The van der Waals surface area contributed by atoms with Crippen molar-refractivity contribution in [3.05, 3.63) is 17.5 Å². The monoisotopic (exact) mass is 362 g/mol. The standard InChI is InChI=1S/C17H22N4OS2/c1-12(16(22)20-9-3-2-4-10-20)24-17-19-18-15(14-6-5-11-23-14)21(17)13-7-8-13/h5-6,11-13H,2-4,7-10H2,1H3/t12-/m1/s1. The van der Waals surface area contributed by atoms with Gasteiger partial charge in [-0.15, -0.1) is 21.5 Å². The first-order valence-corrected chi connectivity index (χ1v) is 10.4. The van der Waals surface area contributed by atoms with Crippen LogP contribution < -0.4 is 0 Å². The number of piperidine rings is 1. The van der Waals surface area contributed by atoms with E-state index in [2.05, 4.69) is 26.2 Å². The Balaban J connectivity index is 1.53. The van der Waals surface area contributed by atoms with Crippen molar-refractivity contribution in [1.82, 2.24) is 19.7 Å². The number of amides is 1. The highest BCUT2D eigenvalue weighted by atomic mass is 32.2. The molecule has 2 aromatic rings.